The number of para-hydroxylation sites is 1. The molecule has 0 aliphatic heterocycles. The second kappa shape index (κ2) is 5.54. The number of aryl methyl sites for hydroxylation is 1. The highest BCUT2D eigenvalue weighted by Crippen LogP contribution is 2.31. The molecule has 2 rings (SSSR count). The molecule has 0 bridgehead atoms. The Morgan fingerprint density at radius 3 is 2.47 bits per heavy atom. The van der Waals surface area contributed by atoms with E-state index in [9.17, 15) is 0 Å². The molecule has 0 saturated heterocycles. The van der Waals surface area contributed by atoms with Crippen molar-refractivity contribution in [3.63, 3.8) is 0 Å². The fourth-order valence-electron chi connectivity index (χ4n) is 2.85. The minimum absolute atomic E-state index is 0.0681. The molecule has 2 nitrogen and oxygen atoms in total. The van der Waals surface area contributed by atoms with E-state index in [1.807, 2.05) is 6.92 Å². The molecule has 0 aliphatic carbocycles. The summed E-state index contributed by atoms with van der Waals surface area (Å²) in [6.45, 7) is 10.9. The molecule has 0 amide bonds. The number of benzene rings is 1. The maximum Gasteiger partial charge on any atom is 0.127 e. The second-order valence-electron chi connectivity index (χ2n) is 5.88. The summed E-state index contributed by atoms with van der Waals surface area (Å²) in [7, 11) is 0. The third-order valence-corrected chi connectivity index (χ3v) is 3.74. The van der Waals surface area contributed by atoms with Crippen LogP contribution in [0.25, 0.3) is 11.0 Å². The minimum Gasteiger partial charge on any atom is -0.324 e. The molecular weight excluding hydrogens is 256 g/mol. The molecule has 1 aromatic heterocycles. The van der Waals surface area contributed by atoms with Crippen molar-refractivity contribution in [2.24, 2.45) is 5.92 Å². The highest BCUT2D eigenvalue weighted by molar-refractivity contribution is 6.20. The summed E-state index contributed by atoms with van der Waals surface area (Å²) in [6, 6.07) is 6.70. The first-order chi connectivity index (χ1) is 8.91. The summed E-state index contributed by atoms with van der Waals surface area (Å²) in [6.07, 6.45) is 1.14. The Kier molecular flexibility index (Phi) is 4.19. The van der Waals surface area contributed by atoms with Crippen LogP contribution in [0.5, 0.6) is 0 Å². The molecule has 104 valence electrons. The van der Waals surface area contributed by atoms with Crippen LogP contribution in [0.15, 0.2) is 18.2 Å². The standard InChI is InChI=1S/C16H23ClN2/c1-10(2)9-12(4)19-15-11(3)7-6-8-14(15)18-16(19)13(5)17/h6-8,10,12-13H,9H2,1-5H3. The minimum atomic E-state index is -0.0681. The molecule has 0 radical (unpaired) electrons. The van der Waals surface area contributed by atoms with Crippen molar-refractivity contribution in [1.82, 2.24) is 9.55 Å². The highest BCUT2D eigenvalue weighted by atomic mass is 35.5. The molecule has 0 N–H and O–H groups in total. The van der Waals surface area contributed by atoms with E-state index >= 15 is 0 Å². The van der Waals surface area contributed by atoms with Gasteiger partial charge < -0.3 is 4.57 Å². The predicted octanol–water partition coefficient (Wildman–Crippen LogP) is 5.25. The molecule has 0 fully saturated rings. The molecule has 0 saturated carbocycles. The second-order valence-corrected chi connectivity index (χ2v) is 6.53. The van der Waals surface area contributed by atoms with E-state index in [4.69, 9.17) is 16.6 Å². The summed E-state index contributed by atoms with van der Waals surface area (Å²) in [5, 5.41) is -0.0681. The molecule has 0 aliphatic rings. The van der Waals surface area contributed by atoms with E-state index in [1.54, 1.807) is 0 Å². The van der Waals surface area contributed by atoms with Gasteiger partial charge in [0.15, 0.2) is 0 Å². The van der Waals surface area contributed by atoms with Crippen LogP contribution in [-0.2, 0) is 0 Å². The Balaban J connectivity index is 2.64. The van der Waals surface area contributed by atoms with Crippen LogP contribution < -0.4 is 0 Å². The zero-order valence-electron chi connectivity index (χ0n) is 12.4. The SMILES string of the molecule is Cc1cccc2nc(C(C)Cl)n(C(C)CC(C)C)c12. The Hall–Kier alpha value is -1.02. The van der Waals surface area contributed by atoms with Crippen LogP contribution in [0.2, 0.25) is 0 Å². The van der Waals surface area contributed by atoms with Crippen molar-refractivity contribution < 1.29 is 0 Å². The van der Waals surface area contributed by atoms with Gasteiger partial charge in [-0.3, -0.25) is 0 Å². The summed E-state index contributed by atoms with van der Waals surface area (Å²) in [5.74, 6) is 1.65. The quantitative estimate of drug-likeness (QED) is 0.698. The molecule has 3 heteroatoms. The van der Waals surface area contributed by atoms with E-state index in [0.717, 1.165) is 17.8 Å². The van der Waals surface area contributed by atoms with E-state index < -0.39 is 0 Å². The number of aromatic nitrogens is 2. The van der Waals surface area contributed by atoms with Crippen LogP contribution in [0.1, 0.15) is 56.9 Å². The zero-order chi connectivity index (χ0) is 14.2. The average molecular weight is 279 g/mol. The highest BCUT2D eigenvalue weighted by Gasteiger charge is 2.20. The number of nitrogens with zero attached hydrogens (tertiary/aromatic N) is 2. The molecule has 1 heterocycles. The van der Waals surface area contributed by atoms with E-state index in [2.05, 4.69) is 50.5 Å². The lowest BCUT2D eigenvalue weighted by Crippen LogP contribution is -2.12. The summed E-state index contributed by atoms with van der Waals surface area (Å²) < 4.78 is 2.34. The monoisotopic (exact) mass is 278 g/mol. The van der Waals surface area contributed by atoms with E-state index in [1.165, 1.54) is 11.1 Å². The number of alkyl halides is 1. The van der Waals surface area contributed by atoms with Crippen molar-refractivity contribution in [3.05, 3.63) is 29.6 Å². The lowest BCUT2D eigenvalue weighted by molar-refractivity contribution is 0.425. The zero-order valence-corrected chi connectivity index (χ0v) is 13.2. The molecule has 0 spiro atoms. The van der Waals surface area contributed by atoms with Gasteiger partial charge in [-0.1, -0.05) is 26.0 Å². The van der Waals surface area contributed by atoms with Crippen molar-refractivity contribution in [1.29, 1.82) is 0 Å². The number of hydrogen-bond acceptors (Lipinski definition) is 1. The third-order valence-electron chi connectivity index (χ3n) is 3.55. The van der Waals surface area contributed by atoms with Gasteiger partial charge in [-0.05, 0) is 44.7 Å². The normalized spacial score (nSPS) is 15.1. The van der Waals surface area contributed by atoms with Gasteiger partial charge in [-0.2, -0.15) is 0 Å². The lowest BCUT2D eigenvalue weighted by atomic mass is 10.0. The third kappa shape index (κ3) is 2.79. The Morgan fingerprint density at radius 1 is 1.21 bits per heavy atom. The van der Waals surface area contributed by atoms with Gasteiger partial charge >= 0.3 is 0 Å². The number of hydrogen-bond donors (Lipinski definition) is 0. The molecule has 19 heavy (non-hydrogen) atoms. The topological polar surface area (TPSA) is 17.8 Å². The van der Waals surface area contributed by atoms with Gasteiger partial charge in [0, 0.05) is 6.04 Å². The van der Waals surface area contributed by atoms with Gasteiger partial charge in [-0.25, -0.2) is 4.98 Å². The summed E-state index contributed by atoms with van der Waals surface area (Å²) in [5.41, 5.74) is 3.56. The predicted molar refractivity (Wildman–Crippen MR) is 82.9 cm³/mol. The molecular formula is C16H23ClN2. The number of halogens is 1. The Morgan fingerprint density at radius 2 is 1.89 bits per heavy atom. The van der Waals surface area contributed by atoms with Crippen LogP contribution in [-0.4, -0.2) is 9.55 Å². The van der Waals surface area contributed by atoms with Gasteiger partial charge in [0.05, 0.1) is 16.4 Å². The number of rotatable bonds is 4. The van der Waals surface area contributed by atoms with Crippen molar-refractivity contribution in [2.75, 3.05) is 0 Å². The Bertz CT molecular complexity index is 569. The average Bonchev–Trinajstić information content (AvgIpc) is 2.68. The van der Waals surface area contributed by atoms with Gasteiger partial charge in [0.2, 0.25) is 0 Å². The van der Waals surface area contributed by atoms with Crippen LogP contribution in [0.4, 0.5) is 0 Å². The smallest absolute Gasteiger partial charge is 0.127 e. The molecule has 2 atom stereocenters. The number of imidazole rings is 1. The maximum absolute atomic E-state index is 6.33. The first kappa shape index (κ1) is 14.4. The van der Waals surface area contributed by atoms with Crippen molar-refractivity contribution >= 4 is 22.6 Å². The van der Waals surface area contributed by atoms with Crippen molar-refractivity contribution in [2.45, 2.75) is 52.5 Å². The lowest BCUT2D eigenvalue weighted by Gasteiger charge is -2.21. The van der Waals surface area contributed by atoms with Crippen LogP contribution in [0, 0.1) is 12.8 Å². The fraction of sp³-hybridized carbons (Fsp3) is 0.562. The van der Waals surface area contributed by atoms with E-state index in [0.29, 0.717) is 12.0 Å². The van der Waals surface area contributed by atoms with Crippen molar-refractivity contribution in [3.8, 4) is 0 Å². The maximum atomic E-state index is 6.33. The Labute approximate surface area is 120 Å². The fourth-order valence-corrected chi connectivity index (χ4v) is 3.01. The first-order valence-electron chi connectivity index (χ1n) is 7.03. The van der Waals surface area contributed by atoms with Crippen LogP contribution >= 0.6 is 11.6 Å². The molecule has 2 aromatic rings. The van der Waals surface area contributed by atoms with Gasteiger partial charge in [-0.15, -0.1) is 11.6 Å². The van der Waals surface area contributed by atoms with Gasteiger partial charge in [0.25, 0.3) is 0 Å². The largest absolute Gasteiger partial charge is 0.324 e. The summed E-state index contributed by atoms with van der Waals surface area (Å²) in [4.78, 5) is 4.73. The molecule has 2 unspecified atom stereocenters. The molecule has 1 aromatic carbocycles. The number of fused-ring (bicyclic) bond motifs is 1. The van der Waals surface area contributed by atoms with E-state index in [-0.39, 0.29) is 5.38 Å². The van der Waals surface area contributed by atoms with Crippen LogP contribution in [0.3, 0.4) is 0 Å². The van der Waals surface area contributed by atoms with Gasteiger partial charge in [0.1, 0.15) is 5.82 Å². The summed E-state index contributed by atoms with van der Waals surface area (Å²) >= 11 is 6.33. The first-order valence-corrected chi connectivity index (χ1v) is 7.47.